The van der Waals surface area contributed by atoms with Crippen molar-refractivity contribution in [3.8, 4) is 5.88 Å². The topological polar surface area (TPSA) is 58.6 Å². The van der Waals surface area contributed by atoms with Crippen LogP contribution in [0.3, 0.4) is 0 Å². The maximum absolute atomic E-state index is 12.9. The van der Waals surface area contributed by atoms with Gasteiger partial charge in [0.15, 0.2) is 0 Å². The van der Waals surface area contributed by atoms with Gasteiger partial charge in [-0.2, -0.15) is 13.2 Å². The van der Waals surface area contributed by atoms with Crippen molar-refractivity contribution in [2.75, 3.05) is 31.1 Å². The number of ether oxygens (including phenoxy) is 1. The van der Waals surface area contributed by atoms with Crippen molar-refractivity contribution in [1.29, 1.82) is 0 Å². The molecule has 3 aromatic rings. The van der Waals surface area contributed by atoms with Crippen LogP contribution in [0.1, 0.15) is 21.5 Å². The molecule has 0 bridgehead atoms. The Balaban J connectivity index is 1.37. The van der Waals surface area contributed by atoms with Crippen LogP contribution >= 0.6 is 11.6 Å². The zero-order valence-corrected chi connectivity index (χ0v) is 18.2. The quantitative estimate of drug-likeness (QED) is 0.534. The summed E-state index contributed by atoms with van der Waals surface area (Å²) in [6.07, 6.45) is -2.21. The molecule has 6 nitrogen and oxygen atoms in total. The number of amides is 1. The van der Waals surface area contributed by atoms with Gasteiger partial charge in [0.2, 0.25) is 5.88 Å². The maximum Gasteiger partial charge on any atom is 0.417 e. The number of pyridine rings is 2. The van der Waals surface area contributed by atoms with Crippen molar-refractivity contribution in [2.45, 2.75) is 12.8 Å². The van der Waals surface area contributed by atoms with Crippen molar-refractivity contribution in [2.24, 2.45) is 0 Å². The molecule has 1 aromatic carbocycles. The van der Waals surface area contributed by atoms with Gasteiger partial charge in [0, 0.05) is 50.2 Å². The summed E-state index contributed by atoms with van der Waals surface area (Å²) in [4.78, 5) is 24.5. The first-order valence-electron chi connectivity index (χ1n) is 10.2. The van der Waals surface area contributed by atoms with Gasteiger partial charge in [-0.15, -0.1) is 0 Å². The SMILES string of the molecule is O=C(c1ccnc(OCc2ccccc2)c1)N1CCN(c2ncc(C(F)(F)F)cc2Cl)CC1. The third-order valence-electron chi connectivity index (χ3n) is 5.23. The average molecular weight is 477 g/mol. The Morgan fingerprint density at radius 1 is 1.03 bits per heavy atom. The lowest BCUT2D eigenvalue weighted by Crippen LogP contribution is -2.49. The first kappa shape index (κ1) is 22.8. The van der Waals surface area contributed by atoms with Crippen LogP contribution in [0.5, 0.6) is 5.88 Å². The monoisotopic (exact) mass is 476 g/mol. The molecule has 0 unspecified atom stereocenters. The largest absolute Gasteiger partial charge is 0.473 e. The van der Waals surface area contributed by atoms with Crippen LogP contribution in [0.2, 0.25) is 5.02 Å². The number of hydrogen-bond donors (Lipinski definition) is 0. The second kappa shape index (κ2) is 9.66. The summed E-state index contributed by atoms with van der Waals surface area (Å²) in [6.45, 7) is 1.88. The van der Waals surface area contributed by atoms with E-state index in [1.807, 2.05) is 30.3 Å². The molecule has 0 N–H and O–H groups in total. The van der Waals surface area contributed by atoms with Gasteiger partial charge >= 0.3 is 6.18 Å². The molecule has 0 aliphatic carbocycles. The van der Waals surface area contributed by atoms with Gasteiger partial charge in [-0.25, -0.2) is 9.97 Å². The predicted octanol–water partition coefficient (Wildman–Crippen LogP) is 4.69. The molecule has 0 spiro atoms. The number of aromatic nitrogens is 2. The first-order chi connectivity index (χ1) is 15.8. The van der Waals surface area contributed by atoms with Gasteiger partial charge < -0.3 is 14.5 Å². The summed E-state index contributed by atoms with van der Waals surface area (Å²) in [5.74, 6) is 0.453. The molecule has 4 rings (SSSR count). The number of anilines is 1. The number of carbonyl (C=O) groups excluding carboxylic acids is 1. The van der Waals surface area contributed by atoms with Gasteiger partial charge in [-0.1, -0.05) is 41.9 Å². The highest BCUT2D eigenvalue weighted by molar-refractivity contribution is 6.33. The second-order valence-corrected chi connectivity index (χ2v) is 7.87. The van der Waals surface area contributed by atoms with E-state index in [2.05, 4.69) is 9.97 Å². The molecule has 2 aromatic heterocycles. The average Bonchev–Trinajstić information content (AvgIpc) is 2.83. The Morgan fingerprint density at radius 3 is 2.42 bits per heavy atom. The van der Waals surface area contributed by atoms with Crippen LogP contribution in [0.4, 0.5) is 19.0 Å². The maximum atomic E-state index is 12.9. The predicted molar refractivity (Wildman–Crippen MR) is 117 cm³/mol. The molecule has 10 heteroatoms. The van der Waals surface area contributed by atoms with E-state index >= 15 is 0 Å². The number of rotatable bonds is 5. The fourth-order valence-electron chi connectivity index (χ4n) is 3.48. The summed E-state index contributed by atoms with van der Waals surface area (Å²) < 4.78 is 44.2. The number of benzene rings is 1. The van der Waals surface area contributed by atoms with E-state index < -0.39 is 11.7 Å². The molecule has 1 saturated heterocycles. The Hall–Kier alpha value is -3.33. The summed E-state index contributed by atoms with van der Waals surface area (Å²) >= 11 is 6.05. The molecule has 0 saturated carbocycles. The van der Waals surface area contributed by atoms with Crippen molar-refractivity contribution in [3.05, 3.63) is 82.6 Å². The lowest BCUT2D eigenvalue weighted by molar-refractivity contribution is -0.137. The van der Waals surface area contributed by atoms with Crippen LogP contribution in [-0.4, -0.2) is 47.0 Å². The van der Waals surface area contributed by atoms with Crippen LogP contribution in [0, 0.1) is 0 Å². The highest BCUT2D eigenvalue weighted by atomic mass is 35.5. The second-order valence-electron chi connectivity index (χ2n) is 7.46. The Kier molecular flexibility index (Phi) is 6.69. The van der Waals surface area contributed by atoms with Crippen LogP contribution in [0.15, 0.2) is 60.9 Å². The normalized spacial score (nSPS) is 14.3. The van der Waals surface area contributed by atoms with Crippen molar-refractivity contribution < 1.29 is 22.7 Å². The third kappa shape index (κ3) is 5.54. The Bertz CT molecular complexity index is 1120. The molecule has 1 amide bonds. The minimum Gasteiger partial charge on any atom is -0.473 e. The van der Waals surface area contributed by atoms with E-state index in [0.29, 0.717) is 44.2 Å². The van der Waals surface area contributed by atoms with E-state index in [1.54, 1.807) is 21.9 Å². The van der Waals surface area contributed by atoms with Gasteiger partial charge in [0.1, 0.15) is 12.4 Å². The standard InChI is InChI=1S/C23H20ClF3N4O2/c24-19-13-18(23(25,26)27)14-29-21(19)30-8-10-31(11-9-30)22(32)17-6-7-28-20(12-17)33-15-16-4-2-1-3-5-16/h1-7,12-14H,8-11,15H2. The minimum absolute atomic E-state index is 0.0704. The summed E-state index contributed by atoms with van der Waals surface area (Å²) in [7, 11) is 0. The number of alkyl halides is 3. The lowest BCUT2D eigenvalue weighted by atomic mass is 10.2. The van der Waals surface area contributed by atoms with Gasteiger partial charge in [0.05, 0.1) is 10.6 Å². The molecule has 33 heavy (non-hydrogen) atoms. The molecular formula is C23H20ClF3N4O2. The first-order valence-corrected chi connectivity index (χ1v) is 10.6. The molecule has 1 aliphatic rings. The molecular weight excluding hydrogens is 457 g/mol. The van der Waals surface area contributed by atoms with Gasteiger partial charge in [-0.3, -0.25) is 4.79 Å². The zero-order chi connectivity index (χ0) is 23.4. The van der Waals surface area contributed by atoms with E-state index in [-0.39, 0.29) is 16.7 Å². The summed E-state index contributed by atoms with van der Waals surface area (Å²) in [5, 5.41) is -0.0704. The Labute approximate surface area is 193 Å². The highest BCUT2D eigenvalue weighted by Gasteiger charge is 2.32. The van der Waals surface area contributed by atoms with Crippen molar-refractivity contribution in [3.63, 3.8) is 0 Å². The third-order valence-corrected chi connectivity index (χ3v) is 5.50. The van der Waals surface area contributed by atoms with Crippen molar-refractivity contribution in [1.82, 2.24) is 14.9 Å². The van der Waals surface area contributed by atoms with Gasteiger partial charge in [0.25, 0.3) is 5.91 Å². The molecule has 0 atom stereocenters. The van der Waals surface area contributed by atoms with Crippen LogP contribution in [-0.2, 0) is 12.8 Å². The molecule has 3 heterocycles. The summed E-state index contributed by atoms with van der Waals surface area (Å²) in [6, 6.07) is 13.7. The Morgan fingerprint density at radius 2 is 1.76 bits per heavy atom. The minimum atomic E-state index is -4.51. The lowest BCUT2D eigenvalue weighted by Gasteiger charge is -2.35. The van der Waals surface area contributed by atoms with E-state index in [0.717, 1.165) is 17.8 Å². The van der Waals surface area contributed by atoms with Crippen LogP contribution in [0.25, 0.3) is 0 Å². The summed E-state index contributed by atoms with van der Waals surface area (Å²) in [5.41, 5.74) is 0.544. The number of halogens is 4. The number of nitrogens with zero attached hydrogens (tertiary/aromatic N) is 4. The highest BCUT2D eigenvalue weighted by Crippen LogP contribution is 2.33. The fourth-order valence-corrected chi connectivity index (χ4v) is 3.76. The molecule has 0 radical (unpaired) electrons. The van der Waals surface area contributed by atoms with E-state index in [4.69, 9.17) is 16.3 Å². The van der Waals surface area contributed by atoms with Crippen molar-refractivity contribution >= 4 is 23.3 Å². The van der Waals surface area contributed by atoms with Gasteiger partial charge in [-0.05, 0) is 17.7 Å². The fraction of sp³-hybridized carbons (Fsp3) is 0.261. The smallest absolute Gasteiger partial charge is 0.417 e. The molecule has 172 valence electrons. The number of hydrogen-bond acceptors (Lipinski definition) is 5. The number of piperazine rings is 1. The van der Waals surface area contributed by atoms with Crippen LogP contribution < -0.4 is 9.64 Å². The van der Waals surface area contributed by atoms with E-state index in [1.165, 1.54) is 6.20 Å². The molecule has 1 fully saturated rings. The zero-order valence-electron chi connectivity index (χ0n) is 17.4. The van der Waals surface area contributed by atoms with E-state index in [9.17, 15) is 18.0 Å². The molecule has 1 aliphatic heterocycles. The number of carbonyl (C=O) groups is 1.